The maximum Gasteiger partial charge on any atom is 0.269 e. The number of hydrogen-bond donors (Lipinski definition) is 0. The van der Waals surface area contributed by atoms with Crippen molar-refractivity contribution in [2.45, 2.75) is 39.2 Å². The highest BCUT2D eigenvalue weighted by Crippen LogP contribution is 2.14. The molecule has 0 aliphatic heterocycles. The van der Waals surface area contributed by atoms with Gasteiger partial charge in [-0.05, 0) is 25.0 Å². The average molecular weight is 354 g/mol. The van der Waals surface area contributed by atoms with E-state index in [9.17, 15) is 10.1 Å². The molecule has 0 amide bonds. The van der Waals surface area contributed by atoms with Gasteiger partial charge in [0.1, 0.15) is 18.1 Å². The third-order valence-electron chi connectivity index (χ3n) is 3.32. The number of aromatic nitrogens is 2. The first-order valence-electron chi connectivity index (χ1n) is 7.02. The summed E-state index contributed by atoms with van der Waals surface area (Å²) in [7, 11) is 0. The van der Waals surface area contributed by atoms with Crippen LogP contribution in [0.25, 0.3) is 5.69 Å². The number of aryl methyl sites for hydroxylation is 1. The van der Waals surface area contributed by atoms with Gasteiger partial charge in [-0.25, -0.2) is 9.13 Å². The number of halogens is 1. The van der Waals surface area contributed by atoms with Gasteiger partial charge >= 0.3 is 0 Å². The number of nitro benzene ring substituents is 1. The van der Waals surface area contributed by atoms with Crippen molar-refractivity contribution in [3.8, 4) is 5.69 Å². The number of rotatable bonds is 7. The second kappa shape index (κ2) is 8.56. The first-order chi connectivity index (χ1) is 9.70. The van der Waals surface area contributed by atoms with E-state index < -0.39 is 0 Å². The SMILES string of the molecule is CCCCCC[n+]1ccn(-c2ccc([N+](=O)[O-])cc2)c1.[Br-]. The van der Waals surface area contributed by atoms with Gasteiger partial charge in [0.2, 0.25) is 6.33 Å². The predicted molar refractivity (Wildman–Crippen MR) is 76.8 cm³/mol. The molecule has 2 aromatic rings. The molecule has 0 saturated heterocycles. The van der Waals surface area contributed by atoms with Crippen LogP contribution < -0.4 is 21.5 Å². The molecular formula is C15H20BrN3O2. The quantitative estimate of drug-likeness (QED) is 0.310. The Bertz CT molecular complexity index is 567. The summed E-state index contributed by atoms with van der Waals surface area (Å²) in [5.74, 6) is 0. The Morgan fingerprint density at radius 3 is 2.52 bits per heavy atom. The van der Waals surface area contributed by atoms with Gasteiger partial charge in [-0.3, -0.25) is 10.1 Å². The maximum atomic E-state index is 10.6. The molecule has 114 valence electrons. The Balaban J connectivity index is 0.00000220. The van der Waals surface area contributed by atoms with Gasteiger partial charge in [0.15, 0.2) is 0 Å². The van der Waals surface area contributed by atoms with Crippen molar-refractivity contribution in [1.29, 1.82) is 0 Å². The molecule has 0 fully saturated rings. The zero-order valence-corrected chi connectivity index (χ0v) is 13.7. The summed E-state index contributed by atoms with van der Waals surface area (Å²) in [6, 6.07) is 6.58. The van der Waals surface area contributed by atoms with Crippen LogP contribution in [0.4, 0.5) is 5.69 Å². The molecule has 21 heavy (non-hydrogen) atoms. The van der Waals surface area contributed by atoms with E-state index >= 15 is 0 Å². The van der Waals surface area contributed by atoms with Crippen molar-refractivity contribution < 1.29 is 26.5 Å². The zero-order valence-electron chi connectivity index (χ0n) is 12.1. The smallest absolute Gasteiger partial charge is 0.269 e. The van der Waals surface area contributed by atoms with E-state index in [-0.39, 0.29) is 27.6 Å². The predicted octanol–water partition coefficient (Wildman–Crippen LogP) is 0.257. The molecule has 2 rings (SSSR count). The van der Waals surface area contributed by atoms with Crippen molar-refractivity contribution >= 4 is 5.69 Å². The number of benzene rings is 1. The molecule has 6 heteroatoms. The maximum absolute atomic E-state index is 10.6. The fourth-order valence-corrected chi connectivity index (χ4v) is 2.15. The first-order valence-corrected chi connectivity index (χ1v) is 7.02. The molecule has 1 aromatic heterocycles. The largest absolute Gasteiger partial charge is 1.00 e. The summed E-state index contributed by atoms with van der Waals surface area (Å²) in [5.41, 5.74) is 1.05. The van der Waals surface area contributed by atoms with Gasteiger partial charge in [0.25, 0.3) is 5.69 Å². The lowest BCUT2D eigenvalue weighted by Gasteiger charge is -1.97. The average Bonchev–Trinajstić information content (AvgIpc) is 2.92. The van der Waals surface area contributed by atoms with E-state index in [1.165, 1.54) is 37.8 Å². The lowest BCUT2D eigenvalue weighted by atomic mass is 10.2. The molecule has 0 atom stereocenters. The van der Waals surface area contributed by atoms with Crippen LogP contribution in [-0.2, 0) is 6.54 Å². The molecule has 5 nitrogen and oxygen atoms in total. The minimum absolute atomic E-state index is 0. The number of nitrogens with zero attached hydrogens (tertiary/aromatic N) is 3. The molecule has 0 aliphatic carbocycles. The van der Waals surface area contributed by atoms with E-state index in [1.807, 2.05) is 23.3 Å². The Morgan fingerprint density at radius 2 is 1.90 bits per heavy atom. The van der Waals surface area contributed by atoms with E-state index in [2.05, 4.69) is 11.5 Å². The monoisotopic (exact) mass is 353 g/mol. The van der Waals surface area contributed by atoms with Crippen LogP contribution in [0.5, 0.6) is 0 Å². The normalized spacial score (nSPS) is 10.1. The lowest BCUT2D eigenvalue weighted by molar-refractivity contribution is -0.696. The fourth-order valence-electron chi connectivity index (χ4n) is 2.15. The van der Waals surface area contributed by atoms with Crippen molar-refractivity contribution in [3.63, 3.8) is 0 Å². The Labute approximate surface area is 135 Å². The van der Waals surface area contributed by atoms with Crippen molar-refractivity contribution in [2.24, 2.45) is 0 Å². The Kier molecular flexibility index (Phi) is 7.08. The molecular weight excluding hydrogens is 334 g/mol. The number of unbranched alkanes of at least 4 members (excludes halogenated alkanes) is 3. The number of hydrogen-bond acceptors (Lipinski definition) is 2. The minimum atomic E-state index is -0.382. The summed E-state index contributed by atoms with van der Waals surface area (Å²) in [6.07, 6.45) is 11.0. The second-order valence-corrected chi connectivity index (χ2v) is 4.89. The Hall–Kier alpha value is -1.69. The van der Waals surface area contributed by atoms with Crippen molar-refractivity contribution in [2.75, 3.05) is 0 Å². The number of imidazole rings is 1. The first kappa shape index (κ1) is 17.4. The van der Waals surface area contributed by atoms with E-state index in [0.717, 1.165) is 12.2 Å². The van der Waals surface area contributed by atoms with Gasteiger partial charge in [-0.1, -0.05) is 19.8 Å². The minimum Gasteiger partial charge on any atom is -1.00 e. The summed E-state index contributed by atoms with van der Waals surface area (Å²) >= 11 is 0. The molecule has 0 unspecified atom stereocenters. The van der Waals surface area contributed by atoms with Crippen LogP contribution in [0.1, 0.15) is 32.6 Å². The standard InChI is InChI=1S/C15H20N3O2.BrH/c1-2-3-4-5-10-16-11-12-17(13-16)14-6-8-15(9-7-14)18(19)20;/h6-9,11-13H,2-5,10H2,1H3;1H/q+1;/p-1. The summed E-state index contributed by atoms with van der Waals surface area (Å²) in [4.78, 5) is 10.2. The molecule has 0 spiro atoms. The van der Waals surface area contributed by atoms with Crippen LogP contribution in [0.2, 0.25) is 0 Å². The van der Waals surface area contributed by atoms with E-state index in [4.69, 9.17) is 0 Å². The van der Waals surface area contributed by atoms with Crippen LogP contribution in [0, 0.1) is 10.1 Å². The van der Waals surface area contributed by atoms with E-state index in [0.29, 0.717) is 0 Å². The molecule has 1 aromatic carbocycles. The molecule has 0 saturated carbocycles. The molecule has 0 N–H and O–H groups in total. The lowest BCUT2D eigenvalue weighted by Crippen LogP contribution is -3.00. The van der Waals surface area contributed by atoms with Gasteiger partial charge in [0, 0.05) is 12.1 Å². The molecule has 1 heterocycles. The second-order valence-electron chi connectivity index (χ2n) is 4.89. The van der Waals surface area contributed by atoms with Crippen molar-refractivity contribution in [3.05, 3.63) is 53.1 Å². The fraction of sp³-hybridized carbons (Fsp3) is 0.400. The highest BCUT2D eigenvalue weighted by atomic mass is 79.9. The van der Waals surface area contributed by atoms with Gasteiger partial charge in [-0.2, -0.15) is 0 Å². The zero-order chi connectivity index (χ0) is 14.4. The summed E-state index contributed by atoms with van der Waals surface area (Å²) < 4.78 is 4.13. The summed E-state index contributed by atoms with van der Waals surface area (Å²) in [6.45, 7) is 3.22. The third-order valence-corrected chi connectivity index (χ3v) is 3.32. The molecule has 0 bridgehead atoms. The molecule has 0 aliphatic rings. The Morgan fingerprint density at radius 1 is 1.19 bits per heavy atom. The van der Waals surface area contributed by atoms with Gasteiger partial charge in [0.05, 0.1) is 11.5 Å². The topological polar surface area (TPSA) is 52.0 Å². The van der Waals surface area contributed by atoms with Crippen LogP contribution >= 0.6 is 0 Å². The molecule has 0 radical (unpaired) electrons. The van der Waals surface area contributed by atoms with Crippen LogP contribution in [0.15, 0.2) is 43.0 Å². The highest BCUT2D eigenvalue weighted by molar-refractivity contribution is 5.40. The van der Waals surface area contributed by atoms with Gasteiger partial charge < -0.3 is 17.0 Å². The van der Waals surface area contributed by atoms with Gasteiger partial charge in [-0.15, -0.1) is 0 Å². The van der Waals surface area contributed by atoms with E-state index in [1.54, 1.807) is 12.1 Å². The van der Waals surface area contributed by atoms with Crippen LogP contribution in [0.3, 0.4) is 0 Å². The van der Waals surface area contributed by atoms with Crippen molar-refractivity contribution in [1.82, 2.24) is 4.57 Å². The highest BCUT2D eigenvalue weighted by Gasteiger charge is 2.09. The number of nitro groups is 1. The van der Waals surface area contributed by atoms with Crippen LogP contribution in [-0.4, -0.2) is 9.49 Å². The summed E-state index contributed by atoms with van der Waals surface area (Å²) in [5, 5.41) is 10.6. The number of non-ortho nitro benzene ring substituents is 1. The third kappa shape index (κ3) is 4.97.